The van der Waals surface area contributed by atoms with E-state index in [9.17, 15) is 9.59 Å². The van der Waals surface area contributed by atoms with Crippen LogP contribution in [0.3, 0.4) is 0 Å². The van der Waals surface area contributed by atoms with Crippen molar-refractivity contribution < 1.29 is 9.53 Å². The summed E-state index contributed by atoms with van der Waals surface area (Å²) in [7, 11) is 0. The van der Waals surface area contributed by atoms with E-state index in [-0.39, 0.29) is 18.1 Å². The standard InChI is InChI=1S/C17H24N4O3/c1-13-6-2-3-7-14(13)24-11-9-18-16(22)12-21-17(23)20-10-5-4-8-15(20)19-21/h4-5,8,10,13-14H,2-3,6-7,9,11-12H2,1H3,(H,18,22)/t13-,14+/m1/s1. The quantitative estimate of drug-likeness (QED) is 0.807. The van der Waals surface area contributed by atoms with Crippen LogP contribution in [0, 0.1) is 5.92 Å². The van der Waals surface area contributed by atoms with Crippen LogP contribution in [-0.2, 0) is 16.1 Å². The first kappa shape index (κ1) is 16.7. The normalized spacial score (nSPS) is 21.0. The molecule has 1 aliphatic rings. The maximum Gasteiger partial charge on any atom is 0.350 e. The minimum absolute atomic E-state index is 0.0830. The van der Waals surface area contributed by atoms with Crippen molar-refractivity contribution in [1.82, 2.24) is 19.5 Å². The van der Waals surface area contributed by atoms with Gasteiger partial charge in [0.05, 0.1) is 12.7 Å². The van der Waals surface area contributed by atoms with Gasteiger partial charge in [0.2, 0.25) is 5.91 Å². The monoisotopic (exact) mass is 332 g/mol. The summed E-state index contributed by atoms with van der Waals surface area (Å²) in [5.74, 6) is 0.354. The van der Waals surface area contributed by atoms with Gasteiger partial charge < -0.3 is 10.1 Å². The third kappa shape index (κ3) is 3.84. The molecule has 1 fully saturated rings. The highest BCUT2D eigenvalue weighted by molar-refractivity contribution is 5.75. The number of aromatic nitrogens is 3. The molecule has 1 aliphatic carbocycles. The van der Waals surface area contributed by atoms with Gasteiger partial charge in [0.15, 0.2) is 5.65 Å². The van der Waals surface area contributed by atoms with E-state index in [1.165, 1.54) is 28.3 Å². The fourth-order valence-electron chi connectivity index (χ4n) is 3.19. The van der Waals surface area contributed by atoms with Gasteiger partial charge in [0.25, 0.3) is 0 Å². The lowest BCUT2D eigenvalue weighted by molar-refractivity contribution is -0.122. The zero-order valence-electron chi connectivity index (χ0n) is 14.0. The molecule has 1 N–H and O–H groups in total. The van der Waals surface area contributed by atoms with Crippen LogP contribution in [0.4, 0.5) is 0 Å². The first-order chi connectivity index (χ1) is 11.6. The third-order valence-corrected chi connectivity index (χ3v) is 4.57. The number of pyridine rings is 1. The van der Waals surface area contributed by atoms with Crippen LogP contribution in [-0.4, -0.2) is 39.3 Å². The second-order valence-electron chi connectivity index (χ2n) is 6.39. The van der Waals surface area contributed by atoms with Gasteiger partial charge in [0, 0.05) is 12.7 Å². The lowest BCUT2D eigenvalue weighted by atomic mass is 9.88. The highest BCUT2D eigenvalue weighted by atomic mass is 16.5. The zero-order valence-corrected chi connectivity index (χ0v) is 14.0. The zero-order chi connectivity index (χ0) is 16.9. The summed E-state index contributed by atoms with van der Waals surface area (Å²) in [5, 5.41) is 6.92. The van der Waals surface area contributed by atoms with Crippen LogP contribution in [0.5, 0.6) is 0 Å². The molecule has 0 bridgehead atoms. The van der Waals surface area contributed by atoms with Crippen molar-refractivity contribution in [3.8, 4) is 0 Å². The highest BCUT2D eigenvalue weighted by Crippen LogP contribution is 2.25. The Kier molecular flexibility index (Phi) is 5.30. The Hall–Kier alpha value is -2.15. The summed E-state index contributed by atoms with van der Waals surface area (Å²) in [6.07, 6.45) is 6.76. The summed E-state index contributed by atoms with van der Waals surface area (Å²) in [4.78, 5) is 24.1. The number of ether oxygens (including phenoxy) is 1. The van der Waals surface area contributed by atoms with E-state index in [0.717, 1.165) is 6.42 Å². The molecular formula is C17H24N4O3. The van der Waals surface area contributed by atoms with Crippen LogP contribution in [0.1, 0.15) is 32.6 Å². The number of carbonyl (C=O) groups is 1. The summed E-state index contributed by atoms with van der Waals surface area (Å²) >= 11 is 0. The number of fused-ring (bicyclic) bond motifs is 1. The molecule has 1 saturated carbocycles. The van der Waals surface area contributed by atoms with E-state index in [1.54, 1.807) is 24.4 Å². The molecule has 0 saturated heterocycles. The molecule has 2 aromatic rings. The maximum atomic E-state index is 12.1. The Bertz CT molecular complexity index is 752. The molecule has 2 aromatic heterocycles. The van der Waals surface area contributed by atoms with Gasteiger partial charge in [-0.2, -0.15) is 0 Å². The molecule has 0 aromatic carbocycles. The van der Waals surface area contributed by atoms with E-state index in [1.807, 2.05) is 0 Å². The number of hydrogen-bond acceptors (Lipinski definition) is 4. The highest BCUT2D eigenvalue weighted by Gasteiger charge is 2.21. The van der Waals surface area contributed by atoms with Crippen molar-refractivity contribution >= 4 is 11.6 Å². The Balaban J connectivity index is 1.45. The minimum Gasteiger partial charge on any atom is -0.376 e. The largest absolute Gasteiger partial charge is 0.376 e. The van der Waals surface area contributed by atoms with Crippen molar-refractivity contribution in [2.45, 2.75) is 45.3 Å². The number of nitrogens with one attached hydrogen (secondary N) is 1. The molecule has 0 radical (unpaired) electrons. The number of amides is 1. The third-order valence-electron chi connectivity index (χ3n) is 4.57. The first-order valence-corrected chi connectivity index (χ1v) is 8.57. The van der Waals surface area contributed by atoms with Gasteiger partial charge >= 0.3 is 5.69 Å². The molecular weight excluding hydrogens is 308 g/mol. The van der Waals surface area contributed by atoms with Crippen LogP contribution in [0.25, 0.3) is 5.65 Å². The average molecular weight is 332 g/mol. The Labute approximate surface area is 140 Å². The van der Waals surface area contributed by atoms with Gasteiger partial charge in [0.1, 0.15) is 6.54 Å². The van der Waals surface area contributed by atoms with Gasteiger partial charge in [-0.25, -0.2) is 9.48 Å². The molecule has 0 aliphatic heterocycles. The SMILES string of the molecule is C[C@@H]1CCCC[C@@H]1OCCNC(=O)Cn1nc2ccccn2c1=O. The summed E-state index contributed by atoms with van der Waals surface area (Å²) in [6, 6.07) is 5.29. The molecule has 2 atom stereocenters. The van der Waals surface area contributed by atoms with Crippen LogP contribution >= 0.6 is 0 Å². The van der Waals surface area contributed by atoms with E-state index in [2.05, 4.69) is 17.3 Å². The van der Waals surface area contributed by atoms with Crippen LogP contribution < -0.4 is 11.0 Å². The van der Waals surface area contributed by atoms with Crippen molar-refractivity contribution in [1.29, 1.82) is 0 Å². The molecule has 3 rings (SSSR count). The molecule has 0 unspecified atom stereocenters. The van der Waals surface area contributed by atoms with Crippen LogP contribution in [0.15, 0.2) is 29.2 Å². The van der Waals surface area contributed by atoms with Gasteiger partial charge in [-0.3, -0.25) is 9.20 Å². The van der Waals surface area contributed by atoms with E-state index >= 15 is 0 Å². The molecule has 1 amide bonds. The van der Waals surface area contributed by atoms with E-state index in [4.69, 9.17) is 4.74 Å². The second-order valence-corrected chi connectivity index (χ2v) is 6.39. The predicted molar refractivity (Wildman–Crippen MR) is 89.8 cm³/mol. The molecule has 24 heavy (non-hydrogen) atoms. The first-order valence-electron chi connectivity index (χ1n) is 8.57. The lowest BCUT2D eigenvalue weighted by Gasteiger charge is -2.28. The summed E-state index contributed by atoms with van der Waals surface area (Å²) in [5.41, 5.74) is 0.220. The van der Waals surface area contributed by atoms with Crippen molar-refractivity contribution in [2.75, 3.05) is 13.2 Å². The van der Waals surface area contributed by atoms with Crippen LogP contribution in [0.2, 0.25) is 0 Å². The Morgan fingerprint density at radius 2 is 2.21 bits per heavy atom. The average Bonchev–Trinajstić information content (AvgIpc) is 2.89. The topological polar surface area (TPSA) is 77.6 Å². The number of hydrogen-bond donors (Lipinski definition) is 1. The summed E-state index contributed by atoms with van der Waals surface area (Å²) in [6.45, 7) is 3.09. The number of carbonyl (C=O) groups excluding carboxylic acids is 1. The fraction of sp³-hybridized carbons (Fsp3) is 0.588. The maximum absolute atomic E-state index is 12.1. The Morgan fingerprint density at radius 1 is 1.38 bits per heavy atom. The number of rotatable bonds is 6. The smallest absolute Gasteiger partial charge is 0.350 e. The van der Waals surface area contributed by atoms with Gasteiger partial charge in [-0.05, 0) is 30.9 Å². The predicted octanol–water partition coefficient (Wildman–Crippen LogP) is 1.21. The summed E-state index contributed by atoms with van der Waals surface area (Å²) < 4.78 is 8.46. The molecule has 2 heterocycles. The molecule has 7 nitrogen and oxygen atoms in total. The molecule has 130 valence electrons. The molecule has 7 heteroatoms. The number of nitrogens with zero attached hydrogens (tertiary/aromatic N) is 3. The van der Waals surface area contributed by atoms with E-state index < -0.39 is 0 Å². The van der Waals surface area contributed by atoms with Gasteiger partial charge in [-0.15, -0.1) is 5.10 Å². The van der Waals surface area contributed by atoms with Crippen molar-refractivity contribution in [3.05, 3.63) is 34.9 Å². The van der Waals surface area contributed by atoms with E-state index in [0.29, 0.717) is 30.8 Å². The second kappa shape index (κ2) is 7.61. The van der Waals surface area contributed by atoms with Crippen molar-refractivity contribution in [3.63, 3.8) is 0 Å². The lowest BCUT2D eigenvalue weighted by Crippen LogP contribution is -2.35. The Morgan fingerprint density at radius 3 is 3.00 bits per heavy atom. The van der Waals surface area contributed by atoms with Crippen molar-refractivity contribution in [2.24, 2.45) is 5.92 Å². The fourth-order valence-corrected chi connectivity index (χ4v) is 3.19. The van der Waals surface area contributed by atoms with Gasteiger partial charge in [-0.1, -0.05) is 25.8 Å². The molecule has 0 spiro atoms. The minimum atomic E-state index is -0.312.